The number of ether oxygens (including phenoxy) is 1. The Bertz CT molecular complexity index is 1260. The van der Waals surface area contributed by atoms with Gasteiger partial charge in [0.25, 0.3) is 5.91 Å². The highest BCUT2D eigenvalue weighted by Gasteiger charge is 2.30. The molecule has 8 nitrogen and oxygen atoms in total. The van der Waals surface area contributed by atoms with E-state index in [9.17, 15) is 9.59 Å². The van der Waals surface area contributed by atoms with Gasteiger partial charge in [0.05, 0.1) is 6.04 Å². The van der Waals surface area contributed by atoms with Gasteiger partial charge in [-0.1, -0.05) is 41.9 Å². The van der Waals surface area contributed by atoms with Crippen LogP contribution < -0.4 is 10.2 Å². The fraction of sp³-hybridized carbons (Fsp3) is 0.400. The molecule has 1 aromatic heterocycles. The highest BCUT2D eigenvalue weighted by atomic mass is 35.5. The Morgan fingerprint density at radius 1 is 1.08 bits per heavy atom. The molecule has 1 fully saturated rings. The second kappa shape index (κ2) is 12.5. The van der Waals surface area contributed by atoms with Crippen molar-refractivity contribution in [1.82, 2.24) is 14.9 Å². The molecule has 1 saturated heterocycles. The van der Waals surface area contributed by atoms with Crippen LogP contribution in [0.1, 0.15) is 62.5 Å². The lowest BCUT2D eigenvalue weighted by Crippen LogP contribution is -2.45. The number of hydrogen-bond donors (Lipinski definition) is 1. The predicted molar refractivity (Wildman–Crippen MR) is 154 cm³/mol. The molecule has 3 aromatic rings. The molecule has 0 saturated carbocycles. The van der Waals surface area contributed by atoms with Crippen LogP contribution in [0.3, 0.4) is 0 Å². The zero-order valence-electron chi connectivity index (χ0n) is 22.9. The third-order valence-corrected chi connectivity index (χ3v) is 6.86. The number of likely N-dealkylation sites (tertiary alicyclic amines) is 1. The predicted octanol–water partition coefficient (Wildman–Crippen LogP) is 6.60. The van der Waals surface area contributed by atoms with Gasteiger partial charge in [-0.15, -0.1) is 0 Å². The molecule has 2 heterocycles. The number of piperidine rings is 1. The topological polar surface area (TPSA) is 87.7 Å². The first-order valence-electron chi connectivity index (χ1n) is 13.3. The number of halogens is 1. The molecule has 2 amide bonds. The zero-order valence-corrected chi connectivity index (χ0v) is 23.7. The quantitative estimate of drug-likeness (QED) is 0.357. The molecule has 1 aliphatic heterocycles. The molecule has 2 aromatic carbocycles. The summed E-state index contributed by atoms with van der Waals surface area (Å²) in [5, 5.41) is 3.91. The van der Waals surface area contributed by atoms with Gasteiger partial charge in [0.1, 0.15) is 11.4 Å². The van der Waals surface area contributed by atoms with E-state index in [0.717, 1.165) is 18.4 Å². The summed E-state index contributed by atoms with van der Waals surface area (Å²) < 4.78 is 5.53. The number of carbonyl (C=O) groups is 2. The molecule has 0 bridgehead atoms. The van der Waals surface area contributed by atoms with E-state index in [-0.39, 0.29) is 24.0 Å². The van der Waals surface area contributed by atoms with Crippen LogP contribution in [0.2, 0.25) is 5.02 Å². The fourth-order valence-electron chi connectivity index (χ4n) is 4.50. The molecule has 39 heavy (non-hydrogen) atoms. The minimum atomic E-state index is -0.535. The Kier molecular flexibility index (Phi) is 9.07. The van der Waals surface area contributed by atoms with Crippen molar-refractivity contribution < 1.29 is 14.3 Å². The first-order chi connectivity index (χ1) is 18.6. The SMILES string of the molecule is C[C@H](Nc1nccc(N(CC2CCN(C(=O)OC(C)(C)C)CC2)C(=O)c2ccc(Cl)cc2)n1)c1ccccc1. The van der Waals surface area contributed by atoms with Gasteiger partial charge in [-0.25, -0.2) is 9.78 Å². The summed E-state index contributed by atoms with van der Waals surface area (Å²) in [7, 11) is 0. The monoisotopic (exact) mass is 549 g/mol. The van der Waals surface area contributed by atoms with Crippen molar-refractivity contribution in [3.05, 3.63) is 83.0 Å². The van der Waals surface area contributed by atoms with Gasteiger partial charge in [-0.05, 0) is 82.3 Å². The zero-order chi connectivity index (χ0) is 28.0. The van der Waals surface area contributed by atoms with Crippen molar-refractivity contribution in [1.29, 1.82) is 0 Å². The smallest absolute Gasteiger partial charge is 0.410 e. The van der Waals surface area contributed by atoms with Crippen molar-refractivity contribution in [2.75, 3.05) is 29.9 Å². The van der Waals surface area contributed by atoms with Gasteiger partial charge in [-0.3, -0.25) is 9.69 Å². The molecule has 9 heteroatoms. The average Bonchev–Trinajstić information content (AvgIpc) is 2.92. The first-order valence-corrected chi connectivity index (χ1v) is 13.7. The maximum Gasteiger partial charge on any atom is 0.410 e. The van der Waals surface area contributed by atoms with Crippen LogP contribution in [0.4, 0.5) is 16.6 Å². The van der Waals surface area contributed by atoms with Gasteiger partial charge >= 0.3 is 6.09 Å². The van der Waals surface area contributed by atoms with E-state index in [1.54, 1.807) is 46.3 Å². The summed E-state index contributed by atoms with van der Waals surface area (Å²) in [5.74, 6) is 0.983. The van der Waals surface area contributed by atoms with Crippen molar-refractivity contribution in [2.45, 2.75) is 52.2 Å². The maximum atomic E-state index is 13.7. The number of hydrogen-bond acceptors (Lipinski definition) is 6. The molecular formula is C30H36ClN5O3. The van der Waals surface area contributed by atoms with Crippen LogP contribution in [0.25, 0.3) is 0 Å². The Balaban J connectivity index is 1.51. The van der Waals surface area contributed by atoms with Crippen molar-refractivity contribution in [3.8, 4) is 0 Å². The molecule has 0 unspecified atom stereocenters. The lowest BCUT2D eigenvalue weighted by Gasteiger charge is -2.35. The van der Waals surface area contributed by atoms with E-state index in [2.05, 4.69) is 10.3 Å². The maximum absolute atomic E-state index is 13.7. The number of rotatable bonds is 7. The number of aromatic nitrogens is 2. The van der Waals surface area contributed by atoms with E-state index >= 15 is 0 Å². The number of nitrogens with zero attached hydrogens (tertiary/aromatic N) is 4. The lowest BCUT2D eigenvalue weighted by molar-refractivity contribution is 0.0185. The van der Waals surface area contributed by atoms with Gasteiger partial charge in [-0.2, -0.15) is 4.98 Å². The lowest BCUT2D eigenvalue weighted by atomic mass is 9.96. The second-order valence-electron chi connectivity index (χ2n) is 10.8. The van der Waals surface area contributed by atoms with Crippen LogP contribution in [-0.4, -0.2) is 52.1 Å². The minimum Gasteiger partial charge on any atom is -0.444 e. The van der Waals surface area contributed by atoms with E-state index in [4.69, 9.17) is 21.3 Å². The van der Waals surface area contributed by atoms with Crippen molar-refractivity contribution >= 4 is 35.4 Å². The van der Waals surface area contributed by atoms with Gasteiger partial charge in [0.2, 0.25) is 5.95 Å². The molecule has 0 radical (unpaired) electrons. The summed E-state index contributed by atoms with van der Waals surface area (Å²) in [6.45, 7) is 9.26. The average molecular weight is 550 g/mol. The summed E-state index contributed by atoms with van der Waals surface area (Å²) in [6.07, 6.45) is 2.87. The summed E-state index contributed by atoms with van der Waals surface area (Å²) in [5.41, 5.74) is 1.10. The normalized spacial score (nSPS) is 14.9. The van der Waals surface area contributed by atoms with Crippen LogP contribution in [0.15, 0.2) is 66.9 Å². The molecule has 0 spiro atoms. The molecular weight excluding hydrogens is 514 g/mol. The summed E-state index contributed by atoms with van der Waals surface area (Å²) >= 11 is 6.07. The Labute approximate surface area is 235 Å². The molecule has 1 N–H and O–H groups in total. The standard InChI is InChI=1S/C30H36ClN5O3/c1-21(23-8-6-5-7-9-23)33-28-32-17-14-26(34-28)36(27(37)24-10-12-25(31)13-11-24)20-22-15-18-35(19-16-22)29(38)39-30(2,3)4/h5-14,17,21-22H,15-16,18-20H2,1-4H3,(H,32,33,34)/t21-/m0/s1. The first kappa shape index (κ1) is 28.4. The van der Waals surface area contributed by atoms with E-state index in [1.807, 2.05) is 58.0 Å². The Morgan fingerprint density at radius 2 is 1.74 bits per heavy atom. The van der Waals surface area contributed by atoms with Crippen LogP contribution in [0, 0.1) is 5.92 Å². The number of nitrogens with one attached hydrogen (secondary N) is 1. The van der Waals surface area contributed by atoms with Crippen molar-refractivity contribution in [2.24, 2.45) is 5.92 Å². The van der Waals surface area contributed by atoms with Crippen molar-refractivity contribution in [3.63, 3.8) is 0 Å². The summed E-state index contributed by atoms with van der Waals surface area (Å²) in [4.78, 5) is 38.8. The molecule has 0 aliphatic carbocycles. The van der Waals surface area contributed by atoms with Gasteiger partial charge in [0.15, 0.2) is 0 Å². The number of benzene rings is 2. The number of carbonyl (C=O) groups excluding carboxylic acids is 2. The molecule has 206 valence electrons. The van der Waals surface area contributed by atoms with E-state index in [0.29, 0.717) is 42.0 Å². The number of anilines is 2. The Morgan fingerprint density at radius 3 is 2.38 bits per heavy atom. The Hall–Kier alpha value is -3.65. The van der Waals surface area contributed by atoms with Crippen LogP contribution >= 0.6 is 11.6 Å². The van der Waals surface area contributed by atoms with Crippen LogP contribution in [-0.2, 0) is 4.74 Å². The fourth-order valence-corrected chi connectivity index (χ4v) is 4.63. The van der Waals surface area contributed by atoms with Crippen LogP contribution in [0.5, 0.6) is 0 Å². The van der Waals surface area contributed by atoms with Gasteiger partial charge in [0, 0.05) is 36.4 Å². The molecule has 1 aliphatic rings. The highest BCUT2D eigenvalue weighted by Crippen LogP contribution is 2.26. The molecule has 1 atom stereocenters. The molecule has 4 rings (SSSR count). The largest absolute Gasteiger partial charge is 0.444 e. The third-order valence-electron chi connectivity index (χ3n) is 6.61. The summed E-state index contributed by atoms with van der Waals surface area (Å²) in [6, 6.07) is 18.6. The van der Waals surface area contributed by atoms with E-state index in [1.165, 1.54) is 0 Å². The second-order valence-corrected chi connectivity index (χ2v) is 11.3. The van der Waals surface area contributed by atoms with E-state index < -0.39 is 5.60 Å². The van der Waals surface area contributed by atoms with Gasteiger partial charge < -0.3 is 15.0 Å². The third kappa shape index (κ3) is 7.93. The number of amides is 2. The minimum absolute atomic E-state index is 0.0148. The highest BCUT2D eigenvalue weighted by molar-refractivity contribution is 6.30.